The molecule has 0 atom stereocenters. The lowest BCUT2D eigenvalue weighted by Gasteiger charge is -2.17. The molecule has 0 saturated carbocycles. The van der Waals surface area contributed by atoms with E-state index in [1.54, 1.807) is 32.2 Å². The molecule has 176 valence electrons. The fourth-order valence-electron chi connectivity index (χ4n) is 3.06. The molecule has 0 spiro atoms. The minimum atomic E-state index is -2.93. The van der Waals surface area contributed by atoms with E-state index in [-0.39, 0.29) is 12.3 Å². The van der Waals surface area contributed by atoms with E-state index in [0.29, 0.717) is 37.1 Å². The molecule has 0 heterocycles. The number of aliphatic imine (C=N–C) groups is 1. The zero-order valence-corrected chi connectivity index (χ0v) is 18.8. The van der Waals surface area contributed by atoms with E-state index in [0.717, 1.165) is 25.8 Å². The predicted molar refractivity (Wildman–Crippen MR) is 123 cm³/mol. The molecule has 8 heteroatoms. The number of alkyl halides is 2. The number of hydrogen-bond donors (Lipinski definition) is 2. The summed E-state index contributed by atoms with van der Waals surface area (Å²) in [6, 6.07) is 15.3. The van der Waals surface area contributed by atoms with Gasteiger partial charge in [-0.2, -0.15) is 8.78 Å². The van der Waals surface area contributed by atoms with E-state index in [1.165, 1.54) is 5.56 Å². The van der Waals surface area contributed by atoms with Gasteiger partial charge in [-0.15, -0.1) is 0 Å². The third-order valence-corrected chi connectivity index (χ3v) is 4.62. The minimum Gasteiger partial charge on any atom is -0.490 e. The Morgan fingerprint density at radius 3 is 2.53 bits per heavy atom. The van der Waals surface area contributed by atoms with Gasteiger partial charge in [-0.1, -0.05) is 42.5 Å². The van der Waals surface area contributed by atoms with Crippen molar-refractivity contribution < 1.29 is 23.0 Å². The number of hydrogen-bond acceptors (Lipinski definition) is 4. The van der Waals surface area contributed by atoms with Crippen LogP contribution in [0.1, 0.15) is 30.9 Å². The molecule has 0 aliphatic heterocycles. The second kappa shape index (κ2) is 15.0. The highest BCUT2D eigenvalue weighted by Gasteiger charge is 2.16. The van der Waals surface area contributed by atoms with E-state index in [1.807, 2.05) is 18.2 Å². The van der Waals surface area contributed by atoms with Gasteiger partial charge in [0.25, 0.3) is 0 Å². The van der Waals surface area contributed by atoms with Gasteiger partial charge in [-0.3, -0.25) is 4.99 Å². The van der Waals surface area contributed by atoms with Crippen LogP contribution in [0.5, 0.6) is 11.5 Å². The average Bonchev–Trinajstić information content (AvgIpc) is 2.79. The highest BCUT2D eigenvalue weighted by atomic mass is 19.3. The van der Waals surface area contributed by atoms with E-state index in [2.05, 4.69) is 27.8 Å². The highest BCUT2D eigenvalue weighted by Crippen LogP contribution is 2.32. The number of unbranched alkanes of at least 4 members (excludes halogenated alkanes) is 1. The largest absolute Gasteiger partial charge is 0.490 e. The van der Waals surface area contributed by atoms with Gasteiger partial charge in [0.05, 0.1) is 13.2 Å². The van der Waals surface area contributed by atoms with Gasteiger partial charge in [0.1, 0.15) is 0 Å². The van der Waals surface area contributed by atoms with Crippen molar-refractivity contribution in [3.8, 4) is 11.5 Å². The molecule has 6 nitrogen and oxygen atoms in total. The van der Waals surface area contributed by atoms with Crippen molar-refractivity contribution in [1.29, 1.82) is 0 Å². The first-order chi connectivity index (χ1) is 15.6. The summed E-state index contributed by atoms with van der Waals surface area (Å²) >= 11 is 0. The maximum absolute atomic E-state index is 12.8. The Morgan fingerprint density at radius 2 is 1.81 bits per heavy atom. The lowest BCUT2D eigenvalue weighted by Crippen LogP contribution is -2.37. The SMILES string of the molecule is CCOc1cccc(CNC(=NC)NCCCCOCCc2ccccc2)c1OC(F)F. The molecule has 0 aliphatic rings. The molecular formula is C24H33F2N3O3. The number of guanidine groups is 1. The van der Waals surface area contributed by atoms with E-state index in [9.17, 15) is 8.78 Å². The predicted octanol–water partition coefficient (Wildman–Crippen LogP) is 4.39. The van der Waals surface area contributed by atoms with Crippen LogP contribution in [-0.2, 0) is 17.7 Å². The maximum atomic E-state index is 12.8. The number of nitrogens with one attached hydrogen (secondary N) is 2. The first kappa shape index (κ1) is 25.4. The van der Waals surface area contributed by atoms with E-state index < -0.39 is 6.61 Å². The molecular weight excluding hydrogens is 416 g/mol. The lowest BCUT2D eigenvalue weighted by atomic mass is 10.2. The minimum absolute atomic E-state index is 0.0416. The molecule has 0 radical (unpaired) electrons. The molecule has 2 aromatic carbocycles. The van der Waals surface area contributed by atoms with Crippen LogP contribution in [0.4, 0.5) is 8.78 Å². The zero-order valence-electron chi connectivity index (χ0n) is 18.8. The smallest absolute Gasteiger partial charge is 0.387 e. The first-order valence-corrected chi connectivity index (χ1v) is 10.9. The van der Waals surface area contributed by atoms with Gasteiger partial charge in [0, 0.05) is 32.3 Å². The molecule has 0 aromatic heterocycles. The third-order valence-electron chi connectivity index (χ3n) is 4.62. The third kappa shape index (κ3) is 9.51. The summed E-state index contributed by atoms with van der Waals surface area (Å²) in [7, 11) is 1.66. The van der Waals surface area contributed by atoms with Crippen LogP contribution in [0.25, 0.3) is 0 Å². The van der Waals surface area contributed by atoms with Crippen LogP contribution < -0.4 is 20.1 Å². The standard InChI is InChI=1S/C24H33F2N3O3/c1-3-31-21-13-9-12-20(22(21)32-23(25)26)18-29-24(27-2)28-15-7-8-16-30-17-14-19-10-5-4-6-11-19/h4-6,9-13,23H,3,7-8,14-18H2,1-2H3,(H2,27,28,29). The average molecular weight is 450 g/mol. The van der Waals surface area contributed by atoms with Crippen LogP contribution >= 0.6 is 0 Å². The van der Waals surface area contributed by atoms with Crippen molar-refractivity contribution in [3.63, 3.8) is 0 Å². The molecule has 0 fully saturated rings. The number of nitrogens with zero attached hydrogens (tertiary/aromatic N) is 1. The van der Waals surface area contributed by atoms with Gasteiger partial charge in [0.2, 0.25) is 0 Å². The zero-order chi connectivity index (χ0) is 23.0. The van der Waals surface area contributed by atoms with Crippen LogP contribution in [-0.4, -0.2) is 46.0 Å². The second-order valence-corrected chi connectivity index (χ2v) is 6.96. The van der Waals surface area contributed by atoms with E-state index in [4.69, 9.17) is 14.2 Å². The summed E-state index contributed by atoms with van der Waals surface area (Å²) in [6.45, 7) is 1.63. The van der Waals surface area contributed by atoms with Crippen LogP contribution in [0.3, 0.4) is 0 Å². The lowest BCUT2D eigenvalue weighted by molar-refractivity contribution is -0.0520. The Balaban J connectivity index is 1.68. The summed E-state index contributed by atoms with van der Waals surface area (Å²) < 4.78 is 41.5. The summed E-state index contributed by atoms with van der Waals surface area (Å²) in [5.74, 6) is 0.919. The molecule has 0 bridgehead atoms. The maximum Gasteiger partial charge on any atom is 0.387 e. The summed E-state index contributed by atoms with van der Waals surface area (Å²) in [4.78, 5) is 4.18. The molecule has 0 saturated heterocycles. The quantitative estimate of drug-likeness (QED) is 0.254. The molecule has 2 N–H and O–H groups in total. The Kier molecular flexibility index (Phi) is 11.9. The monoisotopic (exact) mass is 449 g/mol. The van der Waals surface area contributed by atoms with Gasteiger partial charge < -0.3 is 24.8 Å². The fraction of sp³-hybridized carbons (Fsp3) is 0.458. The Labute approximate surface area is 189 Å². The second-order valence-electron chi connectivity index (χ2n) is 6.96. The number of ether oxygens (including phenoxy) is 3. The van der Waals surface area contributed by atoms with Gasteiger partial charge >= 0.3 is 6.61 Å². The van der Waals surface area contributed by atoms with Gasteiger partial charge in [-0.05, 0) is 37.8 Å². The topological polar surface area (TPSA) is 64.1 Å². The van der Waals surface area contributed by atoms with Gasteiger partial charge in [-0.25, -0.2) is 0 Å². The summed E-state index contributed by atoms with van der Waals surface area (Å²) in [6.07, 6.45) is 2.77. The van der Waals surface area contributed by atoms with Crippen LogP contribution in [0, 0.1) is 0 Å². The molecule has 0 unspecified atom stereocenters. The molecule has 0 aliphatic carbocycles. The van der Waals surface area contributed by atoms with Gasteiger partial charge in [0.15, 0.2) is 17.5 Å². The van der Waals surface area contributed by atoms with Crippen molar-refractivity contribution in [3.05, 3.63) is 59.7 Å². The highest BCUT2D eigenvalue weighted by molar-refractivity contribution is 5.79. The fourth-order valence-corrected chi connectivity index (χ4v) is 3.06. The van der Waals surface area contributed by atoms with Crippen molar-refractivity contribution in [2.45, 2.75) is 39.3 Å². The molecule has 0 amide bonds. The number of benzene rings is 2. The Bertz CT molecular complexity index is 804. The molecule has 2 rings (SSSR count). The number of halogens is 2. The van der Waals surface area contributed by atoms with Crippen molar-refractivity contribution in [1.82, 2.24) is 10.6 Å². The first-order valence-electron chi connectivity index (χ1n) is 10.9. The van der Waals surface area contributed by atoms with Crippen molar-refractivity contribution in [2.24, 2.45) is 4.99 Å². The Morgan fingerprint density at radius 1 is 1.00 bits per heavy atom. The van der Waals surface area contributed by atoms with Crippen molar-refractivity contribution in [2.75, 3.05) is 33.4 Å². The van der Waals surface area contributed by atoms with E-state index >= 15 is 0 Å². The number of para-hydroxylation sites is 1. The Hall–Kier alpha value is -2.87. The van der Waals surface area contributed by atoms with Crippen LogP contribution in [0.15, 0.2) is 53.5 Å². The molecule has 32 heavy (non-hydrogen) atoms. The molecule has 2 aromatic rings. The number of rotatable bonds is 14. The summed E-state index contributed by atoms with van der Waals surface area (Å²) in [5.41, 5.74) is 1.84. The van der Waals surface area contributed by atoms with Crippen LogP contribution in [0.2, 0.25) is 0 Å². The normalized spacial score (nSPS) is 11.5. The van der Waals surface area contributed by atoms with Crippen molar-refractivity contribution >= 4 is 5.96 Å². The summed E-state index contributed by atoms with van der Waals surface area (Å²) in [5, 5.41) is 6.34.